The number of halogens is 3. The molecule has 0 radical (unpaired) electrons. The van der Waals surface area contributed by atoms with Crippen molar-refractivity contribution >= 4 is 8.32 Å². The number of alkyl halides is 3. The summed E-state index contributed by atoms with van der Waals surface area (Å²) in [6, 6.07) is 0. The summed E-state index contributed by atoms with van der Waals surface area (Å²) in [7, 11) is -2.24. The highest BCUT2D eigenvalue weighted by Crippen LogP contribution is 2.41. The lowest BCUT2D eigenvalue weighted by atomic mass is 10.2. The molecule has 1 fully saturated rings. The molecular weight excluding hydrogens is 385 g/mol. The Bertz CT molecular complexity index is 797. The van der Waals surface area contributed by atoms with Crippen molar-refractivity contribution in [3.63, 3.8) is 0 Å². The van der Waals surface area contributed by atoms with Crippen LogP contribution in [0.1, 0.15) is 39.0 Å². The molecule has 3 atom stereocenters. The molecule has 2 rings (SSSR count). The standard InChI is InChI=1S/C16H25F3N2O5Si/c1-15(2,3)27(4,5)26-10-6-12(25-11(10)8-22)21-7-9(16(17,18)19)13(23)20-14(21)24/h7,10-12,22H,6,8H2,1-5H3,(H,20,23,24)/t10-,11+,12+/m0/s1. The SMILES string of the molecule is CC(C)(C)[Si](C)(C)O[C@H]1C[C@H](n2cc(C(F)(F)F)c(=O)[nH]c2=O)O[C@@H]1CO. The zero-order chi connectivity index (χ0) is 20.8. The van der Waals surface area contributed by atoms with Gasteiger partial charge in [0.25, 0.3) is 5.56 Å². The smallest absolute Gasteiger partial charge is 0.411 e. The van der Waals surface area contributed by atoms with E-state index in [1.54, 1.807) is 4.98 Å². The maximum atomic E-state index is 13.0. The maximum absolute atomic E-state index is 13.0. The molecule has 7 nitrogen and oxygen atoms in total. The van der Waals surface area contributed by atoms with E-state index in [2.05, 4.69) is 0 Å². The van der Waals surface area contributed by atoms with Crippen molar-refractivity contribution in [1.29, 1.82) is 0 Å². The molecule has 11 heteroatoms. The van der Waals surface area contributed by atoms with E-state index < -0.39 is 56.3 Å². The summed E-state index contributed by atoms with van der Waals surface area (Å²) < 4.78 is 51.5. The predicted molar refractivity (Wildman–Crippen MR) is 94.0 cm³/mol. The Morgan fingerprint density at radius 2 is 1.93 bits per heavy atom. The number of aliphatic hydroxyl groups is 1. The van der Waals surface area contributed by atoms with Crippen molar-refractivity contribution in [2.24, 2.45) is 0 Å². The molecule has 2 N–H and O–H groups in total. The van der Waals surface area contributed by atoms with Crippen LogP contribution in [0.4, 0.5) is 13.2 Å². The zero-order valence-electron chi connectivity index (χ0n) is 15.9. The fourth-order valence-electron chi connectivity index (χ4n) is 2.62. The van der Waals surface area contributed by atoms with E-state index in [-0.39, 0.29) is 11.5 Å². The molecule has 0 spiro atoms. The van der Waals surface area contributed by atoms with Gasteiger partial charge in [0.2, 0.25) is 0 Å². The summed E-state index contributed by atoms with van der Waals surface area (Å²) in [6.07, 6.45) is -6.81. The number of aromatic amines is 1. The van der Waals surface area contributed by atoms with Crippen LogP contribution in [0.3, 0.4) is 0 Å². The first kappa shape index (κ1) is 21.9. The highest BCUT2D eigenvalue weighted by molar-refractivity contribution is 6.74. The highest BCUT2D eigenvalue weighted by atomic mass is 28.4. The Morgan fingerprint density at radius 1 is 1.33 bits per heavy atom. The molecule has 0 unspecified atom stereocenters. The van der Waals surface area contributed by atoms with Crippen molar-refractivity contribution in [3.05, 3.63) is 32.6 Å². The summed E-state index contributed by atoms with van der Waals surface area (Å²) in [4.78, 5) is 25.1. The highest BCUT2D eigenvalue weighted by Gasteiger charge is 2.45. The fourth-order valence-corrected chi connectivity index (χ4v) is 3.97. The van der Waals surface area contributed by atoms with E-state index in [0.29, 0.717) is 10.8 Å². The van der Waals surface area contributed by atoms with Gasteiger partial charge in [0, 0.05) is 12.6 Å². The number of hydrogen-bond donors (Lipinski definition) is 2. The quantitative estimate of drug-likeness (QED) is 0.743. The van der Waals surface area contributed by atoms with Crippen molar-refractivity contribution < 1.29 is 27.4 Å². The topological polar surface area (TPSA) is 93.6 Å². The van der Waals surface area contributed by atoms with Gasteiger partial charge in [0.15, 0.2) is 8.32 Å². The van der Waals surface area contributed by atoms with E-state index >= 15 is 0 Å². The first-order valence-corrected chi connectivity index (χ1v) is 11.4. The first-order chi connectivity index (χ1) is 12.2. The van der Waals surface area contributed by atoms with Gasteiger partial charge < -0.3 is 14.3 Å². The minimum atomic E-state index is -4.91. The van der Waals surface area contributed by atoms with Crippen LogP contribution in [-0.2, 0) is 15.3 Å². The van der Waals surface area contributed by atoms with E-state index in [0.717, 1.165) is 0 Å². The molecule has 1 saturated heterocycles. The average Bonchev–Trinajstić information content (AvgIpc) is 2.86. The Kier molecular flexibility index (Phi) is 5.82. The van der Waals surface area contributed by atoms with E-state index in [1.165, 1.54) is 0 Å². The number of nitrogens with one attached hydrogen (secondary N) is 1. The summed E-state index contributed by atoms with van der Waals surface area (Å²) in [5.41, 5.74) is -4.00. The largest absolute Gasteiger partial charge is 0.423 e. The van der Waals surface area contributed by atoms with E-state index in [4.69, 9.17) is 9.16 Å². The summed E-state index contributed by atoms with van der Waals surface area (Å²) in [6.45, 7) is 9.69. The molecule has 0 aromatic carbocycles. The van der Waals surface area contributed by atoms with Crippen molar-refractivity contribution in [2.45, 2.75) is 69.9 Å². The Hall–Kier alpha value is -1.43. The van der Waals surface area contributed by atoms with Crippen LogP contribution in [0.25, 0.3) is 0 Å². The van der Waals surface area contributed by atoms with Crippen molar-refractivity contribution in [2.75, 3.05) is 6.61 Å². The molecule has 1 aromatic heterocycles. The second-order valence-electron chi connectivity index (χ2n) is 8.17. The lowest BCUT2D eigenvalue weighted by molar-refractivity contribution is -0.139. The third-order valence-electron chi connectivity index (χ3n) is 5.20. The minimum Gasteiger partial charge on any atom is -0.411 e. The van der Waals surface area contributed by atoms with Gasteiger partial charge in [-0.2, -0.15) is 13.2 Å². The number of ether oxygens (including phenoxy) is 1. The molecule has 27 heavy (non-hydrogen) atoms. The van der Waals surface area contributed by atoms with Crippen molar-refractivity contribution in [1.82, 2.24) is 9.55 Å². The first-order valence-electron chi connectivity index (χ1n) is 8.54. The lowest BCUT2D eigenvalue weighted by Gasteiger charge is -2.39. The predicted octanol–water partition coefficient (Wildman–Crippen LogP) is 2.23. The Labute approximate surface area is 155 Å². The molecule has 0 bridgehead atoms. The number of hydrogen-bond acceptors (Lipinski definition) is 5. The molecule has 0 aliphatic carbocycles. The summed E-state index contributed by atoms with van der Waals surface area (Å²) in [5.74, 6) is 0. The van der Waals surface area contributed by atoms with Gasteiger partial charge in [-0.15, -0.1) is 0 Å². The van der Waals surface area contributed by atoms with Gasteiger partial charge in [-0.05, 0) is 18.1 Å². The van der Waals surface area contributed by atoms with Crippen LogP contribution >= 0.6 is 0 Å². The van der Waals surface area contributed by atoms with Crippen molar-refractivity contribution in [3.8, 4) is 0 Å². The molecule has 0 saturated carbocycles. The van der Waals surface area contributed by atoms with Crippen LogP contribution < -0.4 is 11.2 Å². The molecule has 1 aliphatic rings. The molecule has 1 aliphatic heterocycles. The summed E-state index contributed by atoms with van der Waals surface area (Å²) >= 11 is 0. The molecule has 154 valence electrons. The van der Waals surface area contributed by atoms with Gasteiger partial charge in [0.1, 0.15) is 17.9 Å². The molecule has 1 aromatic rings. The Balaban J connectivity index is 2.35. The van der Waals surface area contributed by atoms with Crippen LogP contribution in [-0.4, -0.2) is 41.8 Å². The van der Waals surface area contributed by atoms with Crippen LogP contribution in [0.15, 0.2) is 15.8 Å². The van der Waals surface area contributed by atoms with Gasteiger partial charge in [-0.25, -0.2) is 4.79 Å². The van der Waals surface area contributed by atoms with Crippen LogP contribution in [0.5, 0.6) is 0 Å². The normalized spacial score (nSPS) is 24.4. The monoisotopic (exact) mass is 410 g/mol. The number of rotatable bonds is 4. The third kappa shape index (κ3) is 4.53. The maximum Gasteiger partial charge on any atom is 0.423 e. The lowest BCUT2D eigenvalue weighted by Crippen LogP contribution is -2.46. The van der Waals surface area contributed by atoms with Gasteiger partial charge in [-0.1, -0.05) is 20.8 Å². The number of aromatic nitrogens is 2. The number of nitrogens with zero attached hydrogens (tertiary/aromatic N) is 1. The van der Waals surface area contributed by atoms with E-state index in [1.807, 2.05) is 33.9 Å². The second-order valence-corrected chi connectivity index (χ2v) is 12.9. The van der Waals surface area contributed by atoms with Gasteiger partial charge >= 0.3 is 11.9 Å². The molecule has 0 amide bonds. The minimum absolute atomic E-state index is 0.0843. The number of H-pyrrole nitrogens is 1. The fraction of sp³-hybridized carbons (Fsp3) is 0.750. The number of aliphatic hydroxyl groups excluding tert-OH is 1. The van der Waals surface area contributed by atoms with Gasteiger partial charge in [0.05, 0.1) is 12.7 Å². The average molecular weight is 410 g/mol. The van der Waals surface area contributed by atoms with Gasteiger partial charge in [-0.3, -0.25) is 14.3 Å². The second kappa shape index (κ2) is 7.19. The summed E-state index contributed by atoms with van der Waals surface area (Å²) in [5, 5.41) is 9.46. The van der Waals surface area contributed by atoms with Crippen LogP contribution in [0, 0.1) is 0 Å². The van der Waals surface area contributed by atoms with E-state index in [9.17, 15) is 27.9 Å². The molecule has 2 heterocycles. The third-order valence-corrected chi connectivity index (χ3v) is 9.70. The molecular formula is C16H25F3N2O5Si. The van der Waals surface area contributed by atoms with Crippen LogP contribution in [0.2, 0.25) is 18.1 Å². The zero-order valence-corrected chi connectivity index (χ0v) is 16.9. The Morgan fingerprint density at radius 3 is 2.41 bits per heavy atom.